The summed E-state index contributed by atoms with van der Waals surface area (Å²) in [7, 11) is 0. The van der Waals surface area contributed by atoms with E-state index in [1.807, 2.05) is 31.2 Å². The summed E-state index contributed by atoms with van der Waals surface area (Å²) in [6.45, 7) is 1.90. The molecule has 0 unspecified atom stereocenters. The Hall–Kier alpha value is -1.79. The zero-order valence-corrected chi connectivity index (χ0v) is 8.86. The van der Waals surface area contributed by atoms with Crippen molar-refractivity contribution in [2.75, 3.05) is 0 Å². The molecule has 0 amide bonds. The number of rotatable bonds is 1. The predicted molar refractivity (Wildman–Crippen MR) is 58.0 cm³/mol. The van der Waals surface area contributed by atoms with E-state index in [4.69, 9.17) is 16.9 Å². The van der Waals surface area contributed by atoms with Gasteiger partial charge in [0, 0.05) is 10.7 Å². The molecule has 15 heavy (non-hydrogen) atoms. The van der Waals surface area contributed by atoms with Crippen molar-refractivity contribution in [2.45, 2.75) is 6.92 Å². The Morgan fingerprint density at radius 1 is 1.40 bits per heavy atom. The minimum absolute atomic E-state index is 0.410. The third-order valence-corrected chi connectivity index (χ3v) is 2.29. The summed E-state index contributed by atoms with van der Waals surface area (Å²) in [5.74, 6) is 0. The van der Waals surface area contributed by atoms with Gasteiger partial charge in [-0.1, -0.05) is 17.7 Å². The molecule has 0 aliphatic rings. The fraction of sp³-hybridized carbons (Fsp3) is 0.0909. The van der Waals surface area contributed by atoms with Crippen LogP contribution < -0.4 is 0 Å². The summed E-state index contributed by atoms with van der Waals surface area (Å²) < 4.78 is 1.70. The number of hydrogen-bond acceptors (Lipinski definition) is 2. The van der Waals surface area contributed by atoms with Crippen LogP contribution in [0.15, 0.2) is 30.3 Å². The number of benzene rings is 1. The number of aryl methyl sites for hydroxylation is 1. The Bertz CT molecular complexity index is 537. The maximum absolute atomic E-state index is 8.72. The molecule has 4 heteroatoms. The van der Waals surface area contributed by atoms with Crippen molar-refractivity contribution in [3.63, 3.8) is 0 Å². The highest BCUT2D eigenvalue weighted by Crippen LogP contribution is 2.16. The first-order valence-electron chi connectivity index (χ1n) is 4.43. The van der Waals surface area contributed by atoms with Crippen LogP contribution in [0.1, 0.15) is 11.4 Å². The monoisotopic (exact) mass is 217 g/mol. The van der Waals surface area contributed by atoms with Crippen LogP contribution in [-0.4, -0.2) is 9.78 Å². The highest BCUT2D eigenvalue weighted by atomic mass is 35.5. The van der Waals surface area contributed by atoms with Crippen molar-refractivity contribution in [2.24, 2.45) is 0 Å². The van der Waals surface area contributed by atoms with Gasteiger partial charge < -0.3 is 0 Å². The third-order valence-electron chi connectivity index (χ3n) is 2.05. The molecule has 0 aliphatic heterocycles. The first kappa shape index (κ1) is 9.75. The van der Waals surface area contributed by atoms with Crippen molar-refractivity contribution in [3.8, 4) is 11.8 Å². The molecule has 0 saturated carbocycles. The van der Waals surface area contributed by atoms with Gasteiger partial charge in [0.2, 0.25) is 0 Å². The van der Waals surface area contributed by atoms with Gasteiger partial charge in [-0.25, -0.2) is 4.68 Å². The second-order valence-electron chi connectivity index (χ2n) is 3.17. The number of aromatic nitrogens is 2. The largest absolute Gasteiger partial charge is 0.237 e. The summed E-state index contributed by atoms with van der Waals surface area (Å²) in [5.41, 5.74) is 2.18. The van der Waals surface area contributed by atoms with Crippen molar-refractivity contribution in [1.29, 1.82) is 5.26 Å². The third kappa shape index (κ3) is 1.85. The summed E-state index contributed by atoms with van der Waals surface area (Å²) >= 11 is 5.88. The van der Waals surface area contributed by atoms with Crippen molar-refractivity contribution < 1.29 is 0 Å². The zero-order valence-electron chi connectivity index (χ0n) is 8.11. The minimum Gasteiger partial charge on any atom is -0.237 e. The Morgan fingerprint density at radius 3 is 2.80 bits per heavy atom. The van der Waals surface area contributed by atoms with Gasteiger partial charge in [0.15, 0.2) is 5.69 Å². The molecule has 2 rings (SSSR count). The van der Waals surface area contributed by atoms with Gasteiger partial charge in [-0.05, 0) is 31.2 Å². The fourth-order valence-electron chi connectivity index (χ4n) is 1.40. The van der Waals surface area contributed by atoms with Crippen LogP contribution >= 0.6 is 11.6 Å². The molecule has 0 spiro atoms. The first-order valence-corrected chi connectivity index (χ1v) is 4.81. The molecule has 1 aromatic heterocycles. The fourth-order valence-corrected chi connectivity index (χ4v) is 1.58. The molecule has 0 atom stereocenters. The molecule has 0 fully saturated rings. The average molecular weight is 218 g/mol. The van der Waals surface area contributed by atoms with E-state index >= 15 is 0 Å². The molecular weight excluding hydrogens is 210 g/mol. The van der Waals surface area contributed by atoms with Crippen LogP contribution in [0.2, 0.25) is 5.02 Å². The molecule has 3 nitrogen and oxygen atoms in total. The van der Waals surface area contributed by atoms with Crippen LogP contribution in [0.3, 0.4) is 0 Å². The van der Waals surface area contributed by atoms with E-state index in [0.29, 0.717) is 10.7 Å². The van der Waals surface area contributed by atoms with Crippen molar-refractivity contribution in [1.82, 2.24) is 9.78 Å². The lowest BCUT2D eigenvalue weighted by atomic mass is 10.3. The highest BCUT2D eigenvalue weighted by molar-refractivity contribution is 6.30. The van der Waals surface area contributed by atoms with Gasteiger partial charge in [-0.3, -0.25) is 0 Å². The normalized spacial score (nSPS) is 9.93. The van der Waals surface area contributed by atoms with E-state index in [9.17, 15) is 0 Å². The first-order chi connectivity index (χ1) is 7.20. The van der Waals surface area contributed by atoms with Gasteiger partial charge in [0.1, 0.15) is 6.07 Å². The lowest BCUT2D eigenvalue weighted by Crippen LogP contribution is -1.98. The summed E-state index contributed by atoms with van der Waals surface area (Å²) in [6.07, 6.45) is 0. The van der Waals surface area contributed by atoms with Gasteiger partial charge >= 0.3 is 0 Å². The molecule has 74 valence electrons. The highest BCUT2D eigenvalue weighted by Gasteiger charge is 2.05. The van der Waals surface area contributed by atoms with Crippen LogP contribution in [0.5, 0.6) is 0 Å². The Labute approximate surface area is 92.5 Å². The van der Waals surface area contributed by atoms with Crippen molar-refractivity contribution >= 4 is 11.6 Å². The van der Waals surface area contributed by atoms with E-state index in [1.165, 1.54) is 0 Å². The predicted octanol–water partition coefficient (Wildman–Crippen LogP) is 2.71. The Balaban J connectivity index is 2.54. The second kappa shape index (κ2) is 3.76. The van der Waals surface area contributed by atoms with E-state index in [1.54, 1.807) is 16.8 Å². The minimum atomic E-state index is 0.410. The van der Waals surface area contributed by atoms with E-state index in [0.717, 1.165) is 11.4 Å². The average Bonchev–Trinajstić information content (AvgIpc) is 2.60. The van der Waals surface area contributed by atoms with Crippen LogP contribution in [0.4, 0.5) is 0 Å². The van der Waals surface area contributed by atoms with Crippen molar-refractivity contribution in [3.05, 3.63) is 46.7 Å². The molecular formula is C11H8ClN3. The van der Waals surface area contributed by atoms with E-state index in [-0.39, 0.29) is 0 Å². The smallest absolute Gasteiger partial charge is 0.163 e. The molecule has 0 radical (unpaired) electrons. The Morgan fingerprint density at radius 2 is 2.20 bits per heavy atom. The van der Waals surface area contributed by atoms with Gasteiger partial charge in [-0.2, -0.15) is 10.4 Å². The van der Waals surface area contributed by atoms with E-state index < -0.39 is 0 Å². The number of halogens is 1. The van der Waals surface area contributed by atoms with Gasteiger partial charge in [-0.15, -0.1) is 0 Å². The molecule has 0 saturated heterocycles. The molecule has 1 heterocycles. The topological polar surface area (TPSA) is 41.6 Å². The number of nitrogens with zero attached hydrogens (tertiary/aromatic N) is 3. The SMILES string of the molecule is Cc1cc(C#N)nn1-c1cccc(Cl)c1. The van der Waals surface area contributed by atoms with Crippen LogP contribution in [-0.2, 0) is 0 Å². The molecule has 0 N–H and O–H groups in total. The second-order valence-corrected chi connectivity index (χ2v) is 3.61. The van der Waals surface area contributed by atoms with Gasteiger partial charge in [0.05, 0.1) is 5.69 Å². The zero-order chi connectivity index (χ0) is 10.8. The quantitative estimate of drug-likeness (QED) is 0.737. The maximum Gasteiger partial charge on any atom is 0.163 e. The molecule has 0 bridgehead atoms. The van der Waals surface area contributed by atoms with E-state index in [2.05, 4.69) is 5.10 Å². The van der Waals surface area contributed by atoms with Gasteiger partial charge in [0.25, 0.3) is 0 Å². The number of nitriles is 1. The molecule has 2 aromatic rings. The van der Waals surface area contributed by atoms with Crippen LogP contribution in [0, 0.1) is 18.3 Å². The lowest BCUT2D eigenvalue weighted by Gasteiger charge is -2.03. The summed E-state index contributed by atoms with van der Waals surface area (Å²) in [5, 5.41) is 13.5. The molecule has 1 aromatic carbocycles. The lowest BCUT2D eigenvalue weighted by molar-refractivity contribution is 0.842. The summed E-state index contributed by atoms with van der Waals surface area (Å²) in [6, 6.07) is 11.1. The standard InChI is InChI=1S/C11H8ClN3/c1-8-5-10(7-13)14-15(8)11-4-2-3-9(12)6-11/h2-6H,1H3. The maximum atomic E-state index is 8.72. The molecule has 0 aliphatic carbocycles. The Kier molecular flexibility index (Phi) is 2.44. The number of hydrogen-bond donors (Lipinski definition) is 0. The summed E-state index contributed by atoms with van der Waals surface area (Å²) in [4.78, 5) is 0. The van der Waals surface area contributed by atoms with Crippen LogP contribution in [0.25, 0.3) is 5.69 Å².